The van der Waals surface area contributed by atoms with Crippen molar-refractivity contribution in [3.05, 3.63) is 64.2 Å². The van der Waals surface area contributed by atoms with Crippen LogP contribution in [0.3, 0.4) is 0 Å². The van der Waals surface area contributed by atoms with Gasteiger partial charge in [0.25, 0.3) is 17.5 Å². The van der Waals surface area contributed by atoms with Crippen molar-refractivity contribution in [3.63, 3.8) is 0 Å². The van der Waals surface area contributed by atoms with Gasteiger partial charge in [-0.2, -0.15) is 4.72 Å². The first-order valence-corrected chi connectivity index (χ1v) is 10.8. The predicted octanol–water partition coefficient (Wildman–Crippen LogP) is -0.164. The molecule has 0 aliphatic carbocycles. The lowest BCUT2D eigenvalue weighted by atomic mass is 10.2. The molecule has 34 heavy (non-hydrogen) atoms. The minimum Gasteiger partial charge on any atom is -0.455 e. The smallest absolute Gasteiger partial charge is 0.321 e. The number of nitrogens with zero attached hydrogens (tertiary/aromatic N) is 1. The zero-order valence-corrected chi connectivity index (χ0v) is 18.4. The number of esters is 1. The second kappa shape index (κ2) is 11.5. The highest BCUT2D eigenvalue weighted by Gasteiger charge is 2.17. The maximum atomic E-state index is 12.2. The van der Waals surface area contributed by atoms with Gasteiger partial charge >= 0.3 is 5.97 Å². The van der Waals surface area contributed by atoms with E-state index in [0.29, 0.717) is 5.69 Å². The Balaban J connectivity index is 1.75. The second-order valence-corrected chi connectivity index (χ2v) is 8.26. The number of nitro benzene ring substituents is 1. The molecule has 0 aliphatic heterocycles. The molecule has 14 nitrogen and oxygen atoms in total. The highest BCUT2D eigenvalue weighted by Crippen LogP contribution is 2.14. The first kappa shape index (κ1) is 25.9. The van der Waals surface area contributed by atoms with E-state index in [2.05, 4.69) is 10.1 Å². The molecule has 15 heteroatoms. The van der Waals surface area contributed by atoms with Crippen LogP contribution in [0.5, 0.6) is 0 Å². The molecule has 0 saturated heterocycles. The molecule has 0 fully saturated rings. The van der Waals surface area contributed by atoms with E-state index in [4.69, 9.17) is 0 Å². The standard InChI is InChI=1S/C19H19N5O9S/c1-12(25)21-14-4-8-16(9-5-14)34(31,32)20-10-18(27)33-11-17(26)22-23-19(28)13-2-6-15(7-3-13)24(29)30/h2-9,20H,10-11H2,1H3,(H,21,25)(H,22,26)(H,23,28). The topological polar surface area (TPSA) is 203 Å². The van der Waals surface area contributed by atoms with Crippen molar-refractivity contribution in [1.29, 1.82) is 0 Å². The van der Waals surface area contributed by atoms with Crippen LogP contribution in [0, 0.1) is 10.1 Å². The lowest BCUT2D eigenvalue weighted by Gasteiger charge is -2.09. The summed E-state index contributed by atoms with van der Waals surface area (Å²) in [7, 11) is -4.06. The fourth-order valence-corrected chi connectivity index (χ4v) is 3.29. The molecule has 2 rings (SSSR count). The lowest BCUT2D eigenvalue weighted by Crippen LogP contribution is -2.44. The van der Waals surface area contributed by atoms with Crippen LogP contribution in [0.1, 0.15) is 17.3 Å². The predicted molar refractivity (Wildman–Crippen MR) is 116 cm³/mol. The number of carbonyl (C=O) groups is 4. The lowest BCUT2D eigenvalue weighted by molar-refractivity contribution is -0.384. The monoisotopic (exact) mass is 493 g/mol. The molecule has 0 atom stereocenters. The Morgan fingerprint density at radius 2 is 1.59 bits per heavy atom. The van der Waals surface area contributed by atoms with E-state index in [9.17, 15) is 37.7 Å². The SMILES string of the molecule is CC(=O)Nc1ccc(S(=O)(=O)NCC(=O)OCC(=O)NNC(=O)c2ccc([N+](=O)[O-])cc2)cc1. The molecule has 0 radical (unpaired) electrons. The van der Waals surface area contributed by atoms with Gasteiger partial charge < -0.3 is 10.1 Å². The number of amides is 3. The van der Waals surface area contributed by atoms with Gasteiger partial charge in [0.05, 0.1) is 9.82 Å². The van der Waals surface area contributed by atoms with Crippen molar-refractivity contribution >= 4 is 45.1 Å². The maximum absolute atomic E-state index is 12.2. The fraction of sp³-hybridized carbons (Fsp3) is 0.158. The van der Waals surface area contributed by atoms with E-state index in [-0.39, 0.29) is 22.1 Å². The van der Waals surface area contributed by atoms with Crippen LogP contribution in [-0.2, 0) is 29.1 Å². The number of rotatable bonds is 9. The third kappa shape index (κ3) is 7.95. The van der Waals surface area contributed by atoms with Crippen LogP contribution in [0.15, 0.2) is 53.4 Å². The minimum atomic E-state index is -4.06. The number of ether oxygens (including phenoxy) is 1. The molecule has 0 aromatic heterocycles. The number of hydrazine groups is 1. The number of hydrogen-bond donors (Lipinski definition) is 4. The highest BCUT2D eigenvalue weighted by molar-refractivity contribution is 7.89. The Bertz CT molecular complexity index is 1200. The van der Waals surface area contributed by atoms with Gasteiger partial charge in [-0.25, -0.2) is 8.42 Å². The summed E-state index contributed by atoms with van der Waals surface area (Å²) >= 11 is 0. The van der Waals surface area contributed by atoms with Gasteiger partial charge in [-0.1, -0.05) is 0 Å². The number of hydrogen-bond acceptors (Lipinski definition) is 9. The molecule has 0 saturated carbocycles. The molecular formula is C19H19N5O9S. The van der Waals surface area contributed by atoms with Crippen molar-refractivity contribution in [2.75, 3.05) is 18.5 Å². The maximum Gasteiger partial charge on any atom is 0.321 e. The van der Waals surface area contributed by atoms with Crippen molar-refractivity contribution in [1.82, 2.24) is 15.6 Å². The van der Waals surface area contributed by atoms with Crippen molar-refractivity contribution < 1.29 is 37.3 Å². The number of non-ortho nitro benzene ring substituents is 1. The molecule has 0 bridgehead atoms. The Morgan fingerprint density at radius 1 is 0.971 bits per heavy atom. The summed E-state index contributed by atoms with van der Waals surface area (Å²) in [4.78, 5) is 56.1. The number of sulfonamides is 1. The van der Waals surface area contributed by atoms with Gasteiger partial charge in [0.1, 0.15) is 6.54 Å². The minimum absolute atomic E-state index is 0.0300. The fourth-order valence-electron chi connectivity index (χ4n) is 2.32. The summed E-state index contributed by atoms with van der Waals surface area (Å²) in [6.45, 7) is -0.282. The largest absolute Gasteiger partial charge is 0.455 e. The molecule has 180 valence electrons. The first-order chi connectivity index (χ1) is 16.0. The average Bonchev–Trinajstić information content (AvgIpc) is 2.80. The summed E-state index contributed by atoms with van der Waals surface area (Å²) in [5.74, 6) is -3.08. The normalized spacial score (nSPS) is 10.6. The van der Waals surface area contributed by atoms with Crippen LogP contribution >= 0.6 is 0 Å². The van der Waals surface area contributed by atoms with E-state index in [1.807, 2.05) is 15.6 Å². The van der Waals surface area contributed by atoms with Crippen molar-refractivity contribution in [3.8, 4) is 0 Å². The van der Waals surface area contributed by atoms with Gasteiger partial charge in [-0.05, 0) is 36.4 Å². The van der Waals surface area contributed by atoms with Crippen molar-refractivity contribution in [2.45, 2.75) is 11.8 Å². The van der Waals surface area contributed by atoms with E-state index in [1.54, 1.807) is 0 Å². The molecule has 0 aliphatic rings. The zero-order chi connectivity index (χ0) is 25.3. The Hall–Kier alpha value is -4.37. The van der Waals surface area contributed by atoms with Crippen LogP contribution in [0.25, 0.3) is 0 Å². The Kier molecular flexibility index (Phi) is 8.74. The number of nitro groups is 1. The van der Waals surface area contributed by atoms with Crippen LogP contribution in [0.2, 0.25) is 0 Å². The summed E-state index contributed by atoms with van der Waals surface area (Å²) < 4.78 is 31.0. The first-order valence-electron chi connectivity index (χ1n) is 9.34. The van der Waals surface area contributed by atoms with Gasteiger partial charge in [-0.3, -0.25) is 40.1 Å². The van der Waals surface area contributed by atoms with Crippen molar-refractivity contribution in [2.24, 2.45) is 0 Å². The third-order valence-corrected chi connectivity index (χ3v) is 5.33. The number of carbonyl (C=O) groups excluding carboxylic acids is 4. The van der Waals surface area contributed by atoms with Gasteiger partial charge in [0.2, 0.25) is 15.9 Å². The number of nitrogens with one attached hydrogen (secondary N) is 4. The summed E-state index contributed by atoms with van der Waals surface area (Å²) in [5.41, 5.74) is 4.20. The van der Waals surface area contributed by atoms with E-state index in [1.165, 1.54) is 43.3 Å². The molecule has 4 N–H and O–H groups in total. The number of anilines is 1. The van der Waals surface area contributed by atoms with Crippen LogP contribution in [-0.4, -0.2) is 50.2 Å². The van der Waals surface area contributed by atoms with Gasteiger partial charge in [0.15, 0.2) is 6.61 Å². The van der Waals surface area contributed by atoms with E-state index < -0.39 is 45.9 Å². The number of benzene rings is 2. The Labute approximate surface area is 192 Å². The van der Waals surface area contributed by atoms with Crippen LogP contribution < -0.4 is 20.9 Å². The molecule has 2 aromatic rings. The Morgan fingerprint density at radius 3 is 2.15 bits per heavy atom. The molecule has 0 heterocycles. The molecule has 0 spiro atoms. The zero-order valence-electron chi connectivity index (χ0n) is 17.6. The summed E-state index contributed by atoms with van der Waals surface area (Å²) in [6, 6.07) is 9.75. The van der Waals surface area contributed by atoms with E-state index >= 15 is 0 Å². The van der Waals surface area contributed by atoms with Gasteiger partial charge in [-0.15, -0.1) is 0 Å². The van der Waals surface area contributed by atoms with Gasteiger partial charge in [0, 0.05) is 30.3 Å². The third-order valence-electron chi connectivity index (χ3n) is 3.91. The molecule has 0 unspecified atom stereocenters. The highest BCUT2D eigenvalue weighted by atomic mass is 32.2. The molecule has 2 aromatic carbocycles. The summed E-state index contributed by atoms with van der Waals surface area (Å²) in [5, 5.41) is 13.1. The quantitative estimate of drug-likeness (QED) is 0.208. The molecular weight excluding hydrogens is 474 g/mol. The average molecular weight is 493 g/mol. The summed E-state index contributed by atoms with van der Waals surface area (Å²) in [6.07, 6.45) is 0. The van der Waals surface area contributed by atoms with E-state index in [0.717, 1.165) is 12.1 Å². The second-order valence-electron chi connectivity index (χ2n) is 6.50. The molecule has 3 amide bonds. The van der Waals surface area contributed by atoms with Crippen LogP contribution in [0.4, 0.5) is 11.4 Å².